The first kappa shape index (κ1) is 17.0. The first-order valence-electron chi connectivity index (χ1n) is 7.20. The molecule has 0 spiro atoms. The summed E-state index contributed by atoms with van der Waals surface area (Å²) in [6, 6.07) is 7.77. The lowest BCUT2D eigenvalue weighted by Gasteiger charge is -2.30. The minimum atomic E-state index is -3.59. The highest BCUT2D eigenvalue weighted by Crippen LogP contribution is 2.24. The molecule has 0 bridgehead atoms. The third kappa shape index (κ3) is 3.89. The molecule has 1 aliphatic rings. The van der Waals surface area contributed by atoms with Crippen molar-refractivity contribution in [2.24, 2.45) is 5.92 Å². The minimum Gasteiger partial charge on any atom is -0.345 e. The molecular weight excluding hydrogens is 314 g/mol. The normalized spacial score (nSPS) is 16.3. The summed E-state index contributed by atoms with van der Waals surface area (Å²) in [5.41, 5.74) is 0.410. The number of hydrogen-bond donors (Lipinski definition) is 1. The Kier molecular flexibility index (Phi) is 5.38. The van der Waals surface area contributed by atoms with Crippen LogP contribution in [0.2, 0.25) is 0 Å². The average Bonchev–Trinajstić information content (AvgIpc) is 2.59. The smallest absolute Gasteiger partial charge is 0.243 e. The van der Waals surface area contributed by atoms with Crippen LogP contribution in [-0.4, -0.2) is 38.3 Å². The molecule has 0 atom stereocenters. The van der Waals surface area contributed by atoms with Crippen LogP contribution in [-0.2, 0) is 14.8 Å². The van der Waals surface area contributed by atoms with Crippen LogP contribution in [0.5, 0.6) is 0 Å². The quantitative estimate of drug-likeness (QED) is 0.823. The van der Waals surface area contributed by atoms with Gasteiger partial charge in [-0.05, 0) is 37.1 Å². The molecule has 1 saturated heterocycles. The van der Waals surface area contributed by atoms with E-state index in [2.05, 4.69) is 11.2 Å². The van der Waals surface area contributed by atoms with Crippen molar-refractivity contribution in [1.82, 2.24) is 9.62 Å². The second-order valence-electron chi connectivity index (χ2n) is 5.24. The Hall–Kier alpha value is -2.35. The number of nitrogens with one attached hydrogen (secondary N) is 1. The van der Waals surface area contributed by atoms with Crippen molar-refractivity contribution in [3.63, 3.8) is 0 Å². The number of hydrogen-bond acceptors (Lipinski definition) is 4. The van der Waals surface area contributed by atoms with Gasteiger partial charge in [0.1, 0.15) is 0 Å². The van der Waals surface area contributed by atoms with Crippen LogP contribution in [0.4, 0.5) is 0 Å². The van der Waals surface area contributed by atoms with Gasteiger partial charge in [-0.3, -0.25) is 4.79 Å². The van der Waals surface area contributed by atoms with Crippen LogP contribution in [0.25, 0.3) is 0 Å². The molecule has 23 heavy (non-hydrogen) atoms. The van der Waals surface area contributed by atoms with Crippen LogP contribution >= 0.6 is 0 Å². The Morgan fingerprint density at radius 3 is 2.43 bits per heavy atom. The maximum atomic E-state index is 12.6. The van der Waals surface area contributed by atoms with E-state index in [1.807, 2.05) is 6.07 Å². The van der Waals surface area contributed by atoms with E-state index < -0.39 is 10.0 Å². The lowest BCUT2D eigenvalue weighted by atomic mass is 9.97. The topological polar surface area (TPSA) is 90.3 Å². The van der Waals surface area contributed by atoms with Crippen molar-refractivity contribution in [2.45, 2.75) is 17.7 Å². The van der Waals surface area contributed by atoms with Crippen LogP contribution in [0.15, 0.2) is 29.2 Å². The van der Waals surface area contributed by atoms with Crippen LogP contribution < -0.4 is 5.32 Å². The molecule has 120 valence electrons. The lowest BCUT2D eigenvalue weighted by Crippen LogP contribution is -2.43. The van der Waals surface area contributed by atoms with Crippen molar-refractivity contribution < 1.29 is 13.2 Å². The summed E-state index contributed by atoms with van der Waals surface area (Å²) in [5.74, 6) is 2.00. The van der Waals surface area contributed by atoms with Gasteiger partial charge >= 0.3 is 0 Å². The van der Waals surface area contributed by atoms with E-state index in [0.29, 0.717) is 18.4 Å². The fraction of sp³-hybridized carbons (Fsp3) is 0.375. The molecule has 1 heterocycles. The third-order valence-corrected chi connectivity index (χ3v) is 5.72. The fourth-order valence-corrected chi connectivity index (χ4v) is 3.96. The number of amides is 1. The molecule has 0 saturated carbocycles. The van der Waals surface area contributed by atoms with E-state index >= 15 is 0 Å². The van der Waals surface area contributed by atoms with Gasteiger partial charge in [0.2, 0.25) is 15.9 Å². The summed E-state index contributed by atoms with van der Waals surface area (Å²) in [6.45, 7) is 0.759. The largest absolute Gasteiger partial charge is 0.345 e. The van der Waals surface area contributed by atoms with Gasteiger partial charge in [0.15, 0.2) is 0 Å². The number of benzene rings is 1. The summed E-state index contributed by atoms with van der Waals surface area (Å²) in [4.78, 5) is 12.0. The summed E-state index contributed by atoms with van der Waals surface area (Å²) in [6.07, 6.45) is 6.03. The summed E-state index contributed by atoms with van der Waals surface area (Å²) >= 11 is 0. The molecule has 0 aliphatic carbocycles. The SMILES string of the molecule is C#CCNC(=O)C1CCN(S(=O)(=O)c2ccc(C#N)cc2)CC1. The maximum absolute atomic E-state index is 12.6. The molecular formula is C16H17N3O3S. The highest BCUT2D eigenvalue weighted by Gasteiger charge is 2.31. The van der Waals surface area contributed by atoms with E-state index in [4.69, 9.17) is 11.7 Å². The first-order valence-corrected chi connectivity index (χ1v) is 8.64. The average molecular weight is 331 g/mol. The molecule has 0 radical (unpaired) electrons. The third-order valence-electron chi connectivity index (χ3n) is 3.81. The van der Waals surface area contributed by atoms with Gasteiger partial charge in [0.25, 0.3) is 0 Å². The van der Waals surface area contributed by atoms with Crippen LogP contribution in [0, 0.1) is 29.6 Å². The van der Waals surface area contributed by atoms with E-state index in [-0.39, 0.29) is 36.4 Å². The predicted octanol–water partition coefficient (Wildman–Crippen LogP) is 0.708. The van der Waals surface area contributed by atoms with Gasteiger partial charge < -0.3 is 5.32 Å². The van der Waals surface area contributed by atoms with Gasteiger partial charge in [-0.1, -0.05) is 5.92 Å². The van der Waals surface area contributed by atoms with E-state index in [0.717, 1.165) is 0 Å². The molecule has 1 aromatic rings. The van der Waals surface area contributed by atoms with Gasteiger partial charge in [-0.2, -0.15) is 9.57 Å². The van der Waals surface area contributed by atoms with E-state index in [1.165, 1.54) is 28.6 Å². The zero-order chi connectivity index (χ0) is 16.9. The Morgan fingerprint density at radius 2 is 1.91 bits per heavy atom. The highest BCUT2D eigenvalue weighted by atomic mass is 32.2. The molecule has 0 unspecified atom stereocenters. The van der Waals surface area contributed by atoms with Crippen molar-refractivity contribution >= 4 is 15.9 Å². The molecule has 1 N–H and O–H groups in total. The van der Waals surface area contributed by atoms with Gasteiger partial charge in [0, 0.05) is 19.0 Å². The first-order chi connectivity index (χ1) is 11.0. The standard InChI is InChI=1S/C16H17N3O3S/c1-2-9-18-16(20)14-7-10-19(11-8-14)23(21,22)15-5-3-13(12-17)4-6-15/h1,3-6,14H,7-11H2,(H,18,20). The lowest BCUT2D eigenvalue weighted by molar-refractivity contribution is -0.125. The zero-order valence-corrected chi connectivity index (χ0v) is 13.3. The fourth-order valence-electron chi connectivity index (χ4n) is 2.49. The molecule has 1 amide bonds. The van der Waals surface area contributed by atoms with Crippen LogP contribution in [0.3, 0.4) is 0 Å². The number of terminal acetylenes is 1. The highest BCUT2D eigenvalue weighted by molar-refractivity contribution is 7.89. The molecule has 7 heteroatoms. The maximum Gasteiger partial charge on any atom is 0.243 e. The number of piperidine rings is 1. The molecule has 2 rings (SSSR count). The van der Waals surface area contributed by atoms with Crippen molar-refractivity contribution in [3.8, 4) is 18.4 Å². The second-order valence-corrected chi connectivity index (χ2v) is 7.17. The Morgan fingerprint density at radius 1 is 1.30 bits per heavy atom. The number of nitriles is 1. The van der Waals surface area contributed by atoms with Crippen molar-refractivity contribution in [2.75, 3.05) is 19.6 Å². The number of sulfonamides is 1. The van der Waals surface area contributed by atoms with E-state index in [9.17, 15) is 13.2 Å². The Labute approximate surface area is 136 Å². The number of carbonyl (C=O) groups excluding carboxylic acids is 1. The van der Waals surface area contributed by atoms with Crippen molar-refractivity contribution in [3.05, 3.63) is 29.8 Å². The van der Waals surface area contributed by atoms with Gasteiger partial charge in [-0.15, -0.1) is 6.42 Å². The zero-order valence-electron chi connectivity index (χ0n) is 12.5. The minimum absolute atomic E-state index is 0.127. The predicted molar refractivity (Wildman–Crippen MR) is 84.5 cm³/mol. The molecule has 1 aliphatic heterocycles. The molecule has 6 nitrogen and oxygen atoms in total. The number of nitrogens with zero attached hydrogens (tertiary/aromatic N) is 2. The van der Waals surface area contributed by atoms with Gasteiger partial charge in [-0.25, -0.2) is 8.42 Å². The summed E-state index contributed by atoms with van der Waals surface area (Å²) in [7, 11) is -3.59. The Bertz CT molecular complexity index is 749. The number of rotatable bonds is 4. The van der Waals surface area contributed by atoms with Gasteiger partial charge in [0.05, 0.1) is 23.1 Å². The second kappa shape index (κ2) is 7.28. The van der Waals surface area contributed by atoms with Crippen molar-refractivity contribution in [1.29, 1.82) is 5.26 Å². The summed E-state index contributed by atoms with van der Waals surface area (Å²) in [5, 5.41) is 11.4. The summed E-state index contributed by atoms with van der Waals surface area (Å²) < 4.78 is 26.5. The monoisotopic (exact) mass is 331 g/mol. The molecule has 1 aromatic carbocycles. The van der Waals surface area contributed by atoms with Crippen LogP contribution in [0.1, 0.15) is 18.4 Å². The van der Waals surface area contributed by atoms with E-state index in [1.54, 1.807) is 0 Å². The molecule has 1 fully saturated rings. The number of carbonyl (C=O) groups is 1. The molecule has 0 aromatic heterocycles. The Balaban J connectivity index is 2.02.